The van der Waals surface area contributed by atoms with E-state index in [1.165, 1.54) is 0 Å². The molecule has 1 aromatic heterocycles. The second-order valence-corrected chi connectivity index (χ2v) is 4.97. The Hall–Kier alpha value is -1.26. The zero-order chi connectivity index (χ0) is 11.8. The lowest BCUT2D eigenvalue weighted by Gasteiger charge is -2.28. The second-order valence-electron chi connectivity index (χ2n) is 4.06. The van der Waals surface area contributed by atoms with Crippen LogP contribution in [0.15, 0.2) is 45.5 Å². The Balaban J connectivity index is 1.97. The van der Waals surface area contributed by atoms with Crippen LogP contribution in [0.3, 0.4) is 0 Å². The molecule has 0 saturated carbocycles. The summed E-state index contributed by atoms with van der Waals surface area (Å²) in [6, 6.07) is 9.33. The Morgan fingerprint density at radius 3 is 2.94 bits per heavy atom. The minimum absolute atomic E-state index is 0.221. The molecule has 2 aromatic rings. The summed E-state index contributed by atoms with van der Waals surface area (Å²) >= 11 is 3.39. The molecule has 0 amide bonds. The van der Waals surface area contributed by atoms with E-state index in [1.807, 2.05) is 30.3 Å². The summed E-state index contributed by atoms with van der Waals surface area (Å²) < 4.78 is 12.1. The van der Waals surface area contributed by atoms with E-state index in [0.29, 0.717) is 12.2 Å². The van der Waals surface area contributed by atoms with Gasteiger partial charge in [0.1, 0.15) is 11.5 Å². The normalized spacial score (nSPS) is 22.9. The maximum absolute atomic E-state index is 10.1. The smallest absolute Gasteiger partial charge is 0.159 e. The van der Waals surface area contributed by atoms with Crippen molar-refractivity contribution in [3.8, 4) is 5.75 Å². The fraction of sp³-hybridized carbons (Fsp3) is 0.231. The van der Waals surface area contributed by atoms with E-state index >= 15 is 0 Å². The van der Waals surface area contributed by atoms with Crippen molar-refractivity contribution in [2.75, 3.05) is 0 Å². The maximum atomic E-state index is 10.1. The fourth-order valence-corrected chi connectivity index (χ4v) is 2.41. The van der Waals surface area contributed by atoms with Crippen molar-refractivity contribution in [3.05, 3.63) is 52.4 Å². The fourth-order valence-electron chi connectivity index (χ4n) is 2.07. The summed E-state index contributed by atoms with van der Waals surface area (Å²) in [7, 11) is 0. The van der Waals surface area contributed by atoms with Crippen molar-refractivity contribution >= 4 is 15.9 Å². The van der Waals surface area contributed by atoms with Crippen molar-refractivity contribution in [2.45, 2.75) is 18.6 Å². The van der Waals surface area contributed by atoms with Gasteiger partial charge in [-0.1, -0.05) is 22.0 Å². The quantitative estimate of drug-likeness (QED) is 0.874. The van der Waals surface area contributed by atoms with Crippen molar-refractivity contribution in [1.82, 2.24) is 0 Å². The van der Waals surface area contributed by atoms with Crippen molar-refractivity contribution in [3.63, 3.8) is 0 Å². The van der Waals surface area contributed by atoms with Gasteiger partial charge in [0.15, 0.2) is 6.10 Å². The average molecular weight is 295 g/mol. The Bertz CT molecular complexity index is 521. The summed E-state index contributed by atoms with van der Waals surface area (Å²) in [6.07, 6.45) is 1.40. The molecular formula is C13H11BrO3. The highest BCUT2D eigenvalue weighted by molar-refractivity contribution is 9.10. The van der Waals surface area contributed by atoms with Crippen molar-refractivity contribution in [2.24, 2.45) is 0 Å². The molecule has 0 saturated heterocycles. The highest BCUT2D eigenvalue weighted by atomic mass is 79.9. The number of rotatable bonds is 1. The molecule has 1 N–H and O–H groups in total. The van der Waals surface area contributed by atoms with Gasteiger partial charge in [-0.25, -0.2) is 0 Å². The predicted octanol–water partition coefficient (Wildman–Crippen LogP) is 3.60. The van der Waals surface area contributed by atoms with Crippen LogP contribution in [0, 0.1) is 0 Å². The maximum Gasteiger partial charge on any atom is 0.159 e. The molecule has 2 unspecified atom stereocenters. The van der Waals surface area contributed by atoms with E-state index in [9.17, 15) is 5.11 Å². The van der Waals surface area contributed by atoms with Crippen molar-refractivity contribution in [1.29, 1.82) is 0 Å². The monoisotopic (exact) mass is 294 g/mol. The van der Waals surface area contributed by atoms with Gasteiger partial charge in [0, 0.05) is 16.5 Å². The lowest BCUT2D eigenvalue weighted by atomic mass is 9.98. The average Bonchev–Trinajstić information content (AvgIpc) is 2.81. The molecule has 1 aromatic carbocycles. The predicted molar refractivity (Wildman–Crippen MR) is 65.8 cm³/mol. The van der Waals surface area contributed by atoms with Crippen LogP contribution < -0.4 is 4.74 Å². The Kier molecular flexibility index (Phi) is 2.68. The zero-order valence-corrected chi connectivity index (χ0v) is 10.6. The highest BCUT2D eigenvalue weighted by Gasteiger charge is 2.29. The van der Waals surface area contributed by atoms with Crippen LogP contribution in [0.25, 0.3) is 0 Å². The van der Waals surface area contributed by atoms with E-state index in [2.05, 4.69) is 15.9 Å². The third-order valence-corrected chi connectivity index (χ3v) is 3.39. The van der Waals surface area contributed by atoms with Gasteiger partial charge >= 0.3 is 0 Å². The van der Waals surface area contributed by atoms with E-state index in [4.69, 9.17) is 9.15 Å². The minimum Gasteiger partial charge on any atom is -0.482 e. The topological polar surface area (TPSA) is 42.6 Å². The van der Waals surface area contributed by atoms with E-state index in [1.54, 1.807) is 6.26 Å². The molecule has 2 atom stereocenters. The number of aliphatic hydroxyl groups excluding tert-OH is 1. The van der Waals surface area contributed by atoms with E-state index < -0.39 is 6.10 Å². The summed E-state index contributed by atoms with van der Waals surface area (Å²) in [5, 5.41) is 10.1. The Morgan fingerprint density at radius 1 is 1.29 bits per heavy atom. The number of fused-ring (bicyclic) bond motifs is 1. The summed E-state index contributed by atoms with van der Waals surface area (Å²) in [6.45, 7) is 0. The van der Waals surface area contributed by atoms with Gasteiger partial charge in [-0.15, -0.1) is 0 Å². The van der Waals surface area contributed by atoms with Gasteiger partial charge in [-0.05, 0) is 24.3 Å². The summed E-state index contributed by atoms with van der Waals surface area (Å²) in [4.78, 5) is 0. The van der Waals surface area contributed by atoms with Gasteiger partial charge in [-0.3, -0.25) is 0 Å². The van der Waals surface area contributed by atoms with Crippen LogP contribution in [-0.2, 0) is 0 Å². The number of hydrogen-bond donors (Lipinski definition) is 1. The number of halogens is 1. The molecule has 0 fully saturated rings. The lowest BCUT2D eigenvalue weighted by Crippen LogP contribution is -2.18. The number of benzene rings is 1. The molecule has 0 radical (unpaired) electrons. The summed E-state index contributed by atoms with van der Waals surface area (Å²) in [5.41, 5.74) is 0.830. The molecular weight excluding hydrogens is 284 g/mol. The van der Waals surface area contributed by atoms with Crippen LogP contribution >= 0.6 is 15.9 Å². The molecule has 1 aliphatic heterocycles. The third kappa shape index (κ3) is 1.98. The minimum atomic E-state index is -0.512. The number of aliphatic hydroxyl groups is 1. The first-order valence-electron chi connectivity index (χ1n) is 5.41. The number of hydrogen-bond acceptors (Lipinski definition) is 3. The first-order valence-corrected chi connectivity index (χ1v) is 6.21. The second kappa shape index (κ2) is 4.20. The molecule has 0 aliphatic carbocycles. The van der Waals surface area contributed by atoms with Crippen LogP contribution in [0.1, 0.15) is 30.0 Å². The van der Waals surface area contributed by atoms with Gasteiger partial charge < -0.3 is 14.3 Å². The summed E-state index contributed by atoms with van der Waals surface area (Å²) in [5.74, 6) is 1.45. The van der Waals surface area contributed by atoms with Crippen molar-refractivity contribution < 1.29 is 14.3 Å². The van der Waals surface area contributed by atoms with Gasteiger partial charge in [0.05, 0.1) is 12.4 Å². The SMILES string of the molecule is OC1CC(c2ccco2)Oc2cc(Br)ccc21. The highest BCUT2D eigenvalue weighted by Crippen LogP contribution is 2.41. The molecule has 2 heterocycles. The zero-order valence-electron chi connectivity index (χ0n) is 8.97. The molecule has 4 heteroatoms. The van der Waals surface area contributed by atoms with E-state index in [0.717, 1.165) is 15.8 Å². The first-order chi connectivity index (χ1) is 8.24. The molecule has 1 aliphatic rings. The molecule has 3 rings (SSSR count). The lowest BCUT2D eigenvalue weighted by molar-refractivity contribution is 0.0546. The van der Waals surface area contributed by atoms with Crippen LogP contribution in [0.2, 0.25) is 0 Å². The van der Waals surface area contributed by atoms with Gasteiger partial charge in [-0.2, -0.15) is 0 Å². The van der Waals surface area contributed by atoms with Crippen LogP contribution in [0.5, 0.6) is 5.75 Å². The molecule has 0 spiro atoms. The standard InChI is InChI=1S/C13H11BrO3/c14-8-3-4-9-10(15)7-13(17-12(9)6-8)11-2-1-5-16-11/h1-6,10,13,15H,7H2. The van der Waals surface area contributed by atoms with Gasteiger partial charge in [0.2, 0.25) is 0 Å². The van der Waals surface area contributed by atoms with Gasteiger partial charge in [0.25, 0.3) is 0 Å². The molecule has 3 nitrogen and oxygen atoms in total. The number of furan rings is 1. The van der Waals surface area contributed by atoms with Crippen LogP contribution in [-0.4, -0.2) is 5.11 Å². The largest absolute Gasteiger partial charge is 0.482 e. The third-order valence-electron chi connectivity index (χ3n) is 2.90. The number of ether oxygens (including phenoxy) is 1. The van der Waals surface area contributed by atoms with E-state index in [-0.39, 0.29) is 6.10 Å². The molecule has 17 heavy (non-hydrogen) atoms. The molecule has 0 bridgehead atoms. The Morgan fingerprint density at radius 2 is 2.18 bits per heavy atom. The first kappa shape index (κ1) is 10.9. The Labute approximate surface area is 107 Å². The van der Waals surface area contributed by atoms with Crippen LogP contribution in [0.4, 0.5) is 0 Å². The molecule has 88 valence electrons.